The van der Waals surface area contributed by atoms with Crippen molar-refractivity contribution < 1.29 is 0 Å². The van der Waals surface area contributed by atoms with Crippen molar-refractivity contribution in [3.05, 3.63) is 15.6 Å². The van der Waals surface area contributed by atoms with Crippen molar-refractivity contribution in [3.63, 3.8) is 0 Å². The van der Waals surface area contributed by atoms with Gasteiger partial charge in [-0.2, -0.15) is 5.26 Å². The predicted molar refractivity (Wildman–Crippen MR) is 67.7 cm³/mol. The standard InChI is InChI=1S/C12H19N3S/c1-4-15(5-2)9-7-12-14-10(3)11(16-12)6-8-13/h4-7,9H2,1-3H3. The molecule has 16 heavy (non-hydrogen) atoms. The summed E-state index contributed by atoms with van der Waals surface area (Å²) in [5, 5.41) is 9.83. The lowest BCUT2D eigenvalue weighted by Gasteiger charge is -2.16. The van der Waals surface area contributed by atoms with Crippen molar-refractivity contribution >= 4 is 11.3 Å². The molecule has 0 fully saturated rings. The summed E-state index contributed by atoms with van der Waals surface area (Å²) in [5.41, 5.74) is 1.03. The van der Waals surface area contributed by atoms with Crippen LogP contribution < -0.4 is 0 Å². The molecule has 0 unspecified atom stereocenters. The second kappa shape index (κ2) is 6.62. The maximum Gasteiger partial charge on any atom is 0.0944 e. The van der Waals surface area contributed by atoms with Crippen LogP contribution in [0.1, 0.15) is 29.4 Å². The van der Waals surface area contributed by atoms with E-state index < -0.39 is 0 Å². The van der Waals surface area contributed by atoms with Crippen LogP contribution in [0.15, 0.2) is 0 Å². The Bertz CT molecular complexity index is 361. The number of nitriles is 1. The van der Waals surface area contributed by atoms with E-state index in [-0.39, 0.29) is 0 Å². The molecule has 0 aliphatic heterocycles. The minimum absolute atomic E-state index is 0.495. The maximum absolute atomic E-state index is 8.67. The molecule has 88 valence electrons. The summed E-state index contributed by atoms with van der Waals surface area (Å²) in [7, 11) is 0. The van der Waals surface area contributed by atoms with E-state index in [1.54, 1.807) is 11.3 Å². The highest BCUT2D eigenvalue weighted by Gasteiger charge is 2.08. The molecule has 0 amide bonds. The van der Waals surface area contributed by atoms with Crippen molar-refractivity contribution in [2.75, 3.05) is 19.6 Å². The van der Waals surface area contributed by atoms with E-state index >= 15 is 0 Å². The van der Waals surface area contributed by atoms with Crippen molar-refractivity contribution in [1.82, 2.24) is 9.88 Å². The van der Waals surface area contributed by atoms with Crippen LogP contribution in [-0.2, 0) is 12.8 Å². The second-order valence-electron chi connectivity index (χ2n) is 3.73. The van der Waals surface area contributed by atoms with E-state index in [2.05, 4.69) is 29.8 Å². The van der Waals surface area contributed by atoms with Gasteiger partial charge >= 0.3 is 0 Å². The molecule has 1 aromatic heterocycles. The molecule has 0 N–H and O–H groups in total. The van der Waals surface area contributed by atoms with Gasteiger partial charge in [-0.05, 0) is 20.0 Å². The molecule has 1 aromatic rings. The average Bonchev–Trinajstić information content (AvgIpc) is 2.62. The molecule has 0 atom stereocenters. The lowest BCUT2D eigenvalue weighted by atomic mass is 10.3. The predicted octanol–water partition coefficient (Wildman–Crippen LogP) is 2.40. The van der Waals surface area contributed by atoms with Crippen molar-refractivity contribution in [3.8, 4) is 6.07 Å². The molecule has 0 bridgehead atoms. The monoisotopic (exact) mass is 237 g/mol. The first-order chi connectivity index (χ1) is 7.71. The Labute approximate surface area is 102 Å². The lowest BCUT2D eigenvalue weighted by molar-refractivity contribution is 0.308. The lowest BCUT2D eigenvalue weighted by Crippen LogP contribution is -2.25. The summed E-state index contributed by atoms with van der Waals surface area (Å²) in [4.78, 5) is 8.02. The first-order valence-corrected chi connectivity index (χ1v) is 6.57. The Morgan fingerprint density at radius 2 is 2.06 bits per heavy atom. The van der Waals surface area contributed by atoms with Crippen molar-refractivity contribution in [2.45, 2.75) is 33.6 Å². The molecule has 0 aromatic carbocycles. The van der Waals surface area contributed by atoms with E-state index in [1.807, 2.05) is 6.92 Å². The van der Waals surface area contributed by atoms with Gasteiger partial charge < -0.3 is 4.90 Å². The highest BCUT2D eigenvalue weighted by molar-refractivity contribution is 7.11. The van der Waals surface area contributed by atoms with Crippen LogP contribution in [0, 0.1) is 18.3 Å². The Morgan fingerprint density at radius 3 is 2.62 bits per heavy atom. The summed E-state index contributed by atoms with van der Waals surface area (Å²) in [6.45, 7) is 9.59. The number of thiazole rings is 1. The summed E-state index contributed by atoms with van der Waals surface area (Å²) in [6, 6.07) is 2.19. The van der Waals surface area contributed by atoms with Gasteiger partial charge in [0.2, 0.25) is 0 Å². The van der Waals surface area contributed by atoms with Crippen molar-refractivity contribution in [2.24, 2.45) is 0 Å². The summed E-state index contributed by atoms with van der Waals surface area (Å²) in [6.07, 6.45) is 1.49. The van der Waals surface area contributed by atoms with Gasteiger partial charge in [-0.15, -0.1) is 11.3 Å². The van der Waals surface area contributed by atoms with Gasteiger partial charge in [0.25, 0.3) is 0 Å². The number of aromatic nitrogens is 1. The quantitative estimate of drug-likeness (QED) is 0.762. The fraction of sp³-hybridized carbons (Fsp3) is 0.667. The van der Waals surface area contributed by atoms with Crippen LogP contribution in [0.3, 0.4) is 0 Å². The zero-order valence-corrected chi connectivity index (χ0v) is 11.1. The first kappa shape index (κ1) is 13.1. The highest BCUT2D eigenvalue weighted by Crippen LogP contribution is 2.18. The Balaban J connectivity index is 2.55. The zero-order valence-electron chi connectivity index (χ0n) is 10.3. The molecule has 0 aliphatic carbocycles. The summed E-state index contributed by atoms with van der Waals surface area (Å²) >= 11 is 1.69. The third-order valence-electron chi connectivity index (χ3n) is 2.71. The van der Waals surface area contributed by atoms with Gasteiger partial charge in [-0.1, -0.05) is 13.8 Å². The van der Waals surface area contributed by atoms with Crippen LogP contribution >= 0.6 is 11.3 Å². The molecule has 1 heterocycles. The van der Waals surface area contributed by atoms with Crippen LogP contribution in [0.2, 0.25) is 0 Å². The van der Waals surface area contributed by atoms with E-state index in [0.29, 0.717) is 6.42 Å². The van der Waals surface area contributed by atoms with Gasteiger partial charge in [-0.25, -0.2) is 4.98 Å². The average molecular weight is 237 g/mol. The largest absolute Gasteiger partial charge is 0.303 e. The molecule has 0 saturated carbocycles. The molecule has 4 heteroatoms. The van der Waals surface area contributed by atoms with Crippen molar-refractivity contribution in [1.29, 1.82) is 5.26 Å². The van der Waals surface area contributed by atoms with E-state index in [4.69, 9.17) is 5.26 Å². The summed E-state index contributed by atoms with van der Waals surface area (Å²) in [5.74, 6) is 0. The minimum atomic E-state index is 0.495. The first-order valence-electron chi connectivity index (χ1n) is 5.75. The SMILES string of the molecule is CCN(CC)CCc1nc(C)c(CC#N)s1. The molecule has 0 spiro atoms. The molecule has 0 saturated heterocycles. The Kier molecular flexibility index (Phi) is 5.44. The van der Waals surface area contributed by atoms with Crippen LogP contribution in [0.5, 0.6) is 0 Å². The number of likely N-dealkylation sites (N-methyl/N-ethyl adjacent to an activating group) is 1. The third-order valence-corrected chi connectivity index (χ3v) is 3.93. The summed E-state index contributed by atoms with van der Waals surface area (Å²) < 4.78 is 0. The van der Waals surface area contributed by atoms with E-state index in [9.17, 15) is 0 Å². The third kappa shape index (κ3) is 3.58. The van der Waals surface area contributed by atoms with Gasteiger partial charge in [0.15, 0.2) is 0 Å². The second-order valence-corrected chi connectivity index (χ2v) is 4.90. The topological polar surface area (TPSA) is 39.9 Å². The van der Waals surface area contributed by atoms with E-state index in [0.717, 1.165) is 41.6 Å². The molecular formula is C12H19N3S. The van der Waals surface area contributed by atoms with Crippen LogP contribution in [0.25, 0.3) is 0 Å². The molecule has 0 radical (unpaired) electrons. The van der Waals surface area contributed by atoms with E-state index in [1.165, 1.54) is 0 Å². The fourth-order valence-corrected chi connectivity index (χ4v) is 2.62. The Morgan fingerprint density at radius 1 is 1.38 bits per heavy atom. The van der Waals surface area contributed by atoms with Crippen LogP contribution in [0.4, 0.5) is 0 Å². The highest BCUT2D eigenvalue weighted by atomic mass is 32.1. The normalized spacial score (nSPS) is 10.7. The number of nitrogens with zero attached hydrogens (tertiary/aromatic N) is 3. The molecule has 1 rings (SSSR count). The number of hydrogen-bond acceptors (Lipinski definition) is 4. The molecule has 3 nitrogen and oxygen atoms in total. The van der Waals surface area contributed by atoms with Gasteiger partial charge in [-0.3, -0.25) is 0 Å². The number of rotatable bonds is 6. The van der Waals surface area contributed by atoms with Gasteiger partial charge in [0, 0.05) is 17.8 Å². The maximum atomic E-state index is 8.67. The zero-order chi connectivity index (χ0) is 12.0. The van der Waals surface area contributed by atoms with Gasteiger partial charge in [0.1, 0.15) is 0 Å². The molecule has 0 aliphatic rings. The smallest absolute Gasteiger partial charge is 0.0944 e. The number of hydrogen-bond donors (Lipinski definition) is 0. The fourth-order valence-electron chi connectivity index (χ4n) is 1.62. The number of aryl methyl sites for hydroxylation is 1. The Hall–Kier alpha value is -0.920. The van der Waals surface area contributed by atoms with Gasteiger partial charge in [0.05, 0.1) is 23.2 Å². The molecular weight excluding hydrogens is 218 g/mol. The minimum Gasteiger partial charge on any atom is -0.303 e. The van der Waals surface area contributed by atoms with Crippen LogP contribution in [-0.4, -0.2) is 29.5 Å².